The van der Waals surface area contributed by atoms with E-state index in [1.165, 1.54) is 11.1 Å². The molecule has 2 rings (SSSR count). The standard InChI is InChI=1S/C17H20BrNO/c1-2-20-17-9-8-16(18)12-15(17)13-19-11-10-14-6-4-3-5-7-14/h3-9,12,19H,2,10-11,13H2,1H3. The van der Waals surface area contributed by atoms with Crippen molar-refractivity contribution >= 4 is 15.9 Å². The lowest BCUT2D eigenvalue weighted by molar-refractivity contribution is 0.335. The van der Waals surface area contributed by atoms with E-state index in [2.05, 4.69) is 51.6 Å². The molecule has 0 aliphatic carbocycles. The molecule has 0 aromatic heterocycles. The predicted molar refractivity (Wildman–Crippen MR) is 87.2 cm³/mol. The van der Waals surface area contributed by atoms with Gasteiger partial charge < -0.3 is 10.1 Å². The maximum Gasteiger partial charge on any atom is 0.123 e. The zero-order valence-corrected chi connectivity index (χ0v) is 13.3. The summed E-state index contributed by atoms with van der Waals surface area (Å²) in [6, 6.07) is 16.7. The van der Waals surface area contributed by atoms with E-state index in [1.807, 2.05) is 25.1 Å². The molecule has 0 aliphatic heterocycles. The van der Waals surface area contributed by atoms with E-state index in [1.54, 1.807) is 0 Å². The Morgan fingerprint density at radius 3 is 2.65 bits per heavy atom. The van der Waals surface area contributed by atoms with E-state index in [4.69, 9.17) is 4.74 Å². The predicted octanol–water partition coefficient (Wildman–Crippen LogP) is 4.18. The molecule has 0 saturated carbocycles. The van der Waals surface area contributed by atoms with Crippen molar-refractivity contribution < 1.29 is 4.74 Å². The molecule has 106 valence electrons. The first-order valence-corrected chi connectivity index (χ1v) is 7.74. The van der Waals surface area contributed by atoms with Gasteiger partial charge in [0, 0.05) is 16.6 Å². The van der Waals surface area contributed by atoms with Crippen molar-refractivity contribution in [3.8, 4) is 5.75 Å². The smallest absolute Gasteiger partial charge is 0.123 e. The third kappa shape index (κ3) is 4.66. The number of halogens is 1. The Kier molecular flexibility index (Phi) is 6.09. The molecule has 0 spiro atoms. The van der Waals surface area contributed by atoms with Crippen LogP contribution in [0, 0.1) is 0 Å². The van der Waals surface area contributed by atoms with Crippen LogP contribution >= 0.6 is 15.9 Å². The second-order valence-corrected chi connectivity index (χ2v) is 5.51. The van der Waals surface area contributed by atoms with Crippen molar-refractivity contribution in [2.24, 2.45) is 0 Å². The Bertz CT molecular complexity index is 528. The molecule has 3 heteroatoms. The number of nitrogens with one attached hydrogen (secondary N) is 1. The summed E-state index contributed by atoms with van der Waals surface area (Å²) in [5, 5.41) is 3.48. The topological polar surface area (TPSA) is 21.3 Å². The van der Waals surface area contributed by atoms with Crippen LogP contribution in [0.15, 0.2) is 53.0 Å². The Hall–Kier alpha value is -1.32. The lowest BCUT2D eigenvalue weighted by Crippen LogP contribution is -2.17. The van der Waals surface area contributed by atoms with Crippen LogP contribution in [-0.2, 0) is 13.0 Å². The molecule has 20 heavy (non-hydrogen) atoms. The molecule has 2 aromatic carbocycles. The fourth-order valence-electron chi connectivity index (χ4n) is 2.08. The van der Waals surface area contributed by atoms with Crippen LogP contribution in [0.4, 0.5) is 0 Å². The fourth-order valence-corrected chi connectivity index (χ4v) is 2.49. The van der Waals surface area contributed by atoms with Gasteiger partial charge in [-0.25, -0.2) is 0 Å². The van der Waals surface area contributed by atoms with E-state index >= 15 is 0 Å². The largest absolute Gasteiger partial charge is 0.494 e. The minimum atomic E-state index is 0.693. The highest BCUT2D eigenvalue weighted by Gasteiger charge is 2.04. The summed E-state index contributed by atoms with van der Waals surface area (Å²) in [6.45, 7) is 4.48. The Labute approximate surface area is 129 Å². The number of benzene rings is 2. The summed E-state index contributed by atoms with van der Waals surface area (Å²) in [5.74, 6) is 0.961. The zero-order chi connectivity index (χ0) is 14.2. The number of hydrogen-bond donors (Lipinski definition) is 1. The third-order valence-corrected chi connectivity index (χ3v) is 3.56. The van der Waals surface area contributed by atoms with Gasteiger partial charge >= 0.3 is 0 Å². The van der Waals surface area contributed by atoms with Crippen molar-refractivity contribution in [2.45, 2.75) is 19.9 Å². The molecular weight excluding hydrogens is 314 g/mol. The molecular formula is C17H20BrNO. The van der Waals surface area contributed by atoms with Crippen molar-refractivity contribution in [1.29, 1.82) is 0 Å². The van der Waals surface area contributed by atoms with E-state index in [0.717, 1.165) is 29.7 Å². The van der Waals surface area contributed by atoms with Crippen LogP contribution in [0.2, 0.25) is 0 Å². The molecule has 0 atom stereocenters. The summed E-state index contributed by atoms with van der Waals surface area (Å²) in [7, 11) is 0. The van der Waals surface area contributed by atoms with Crippen molar-refractivity contribution in [1.82, 2.24) is 5.32 Å². The SMILES string of the molecule is CCOc1ccc(Br)cc1CNCCc1ccccc1. The molecule has 0 bridgehead atoms. The second kappa shape index (κ2) is 8.08. The van der Waals surface area contributed by atoms with Gasteiger partial charge in [-0.15, -0.1) is 0 Å². The summed E-state index contributed by atoms with van der Waals surface area (Å²) >= 11 is 3.51. The molecule has 0 unspecified atom stereocenters. The van der Waals surface area contributed by atoms with E-state index in [9.17, 15) is 0 Å². The highest BCUT2D eigenvalue weighted by Crippen LogP contribution is 2.23. The third-order valence-electron chi connectivity index (χ3n) is 3.07. The van der Waals surface area contributed by atoms with Gasteiger partial charge in [-0.05, 0) is 43.7 Å². The summed E-state index contributed by atoms with van der Waals surface area (Å²) in [4.78, 5) is 0. The van der Waals surface area contributed by atoms with Gasteiger partial charge in [0.15, 0.2) is 0 Å². The van der Waals surface area contributed by atoms with Gasteiger partial charge in [-0.1, -0.05) is 46.3 Å². The van der Waals surface area contributed by atoms with Gasteiger partial charge in [0.05, 0.1) is 6.61 Å². The number of ether oxygens (including phenoxy) is 1. The lowest BCUT2D eigenvalue weighted by Gasteiger charge is -2.11. The Morgan fingerprint density at radius 1 is 1.10 bits per heavy atom. The van der Waals surface area contributed by atoms with Gasteiger partial charge in [0.1, 0.15) is 5.75 Å². The normalized spacial score (nSPS) is 10.5. The Balaban J connectivity index is 1.85. The molecule has 0 amide bonds. The van der Waals surface area contributed by atoms with Crippen LogP contribution in [-0.4, -0.2) is 13.2 Å². The first kappa shape index (κ1) is 15.1. The summed E-state index contributed by atoms with van der Waals surface area (Å²) < 4.78 is 6.73. The van der Waals surface area contributed by atoms with E-state index in [-0.39, 0.29) is 0 Å². The molecule has 0 radical (unpaired) electrons. The van der Waals surface area contributed by atoms with E-state index < -0.39 is 0 Å². The molecule has 1 N–H and O–H groups in total. The quantitative estimate of drug-likeness (QED) is 0.767. The Morgan fingerprint density at radius 2 is 1.90 bits per heavy atom. The van der Waals surface area contributed by atoms with Gasteiger partial charge in [0.2, 0.25) is 0 Å². The minimum absolute atomic E-state index is 0.693. The van der Waals surface area contributed by atoms with Crippen LogP contribution in [0.5, 0.6) is 5.75 Å². The molecule has 0 fully saturated rings. The van der Waals surface area contributed by atoms with Crippen LogP contribution in [0.1, 0.15) is 18.1 Å². The maximum atomic E-state index is 5.65. The second-order valence-electron chi connectivity index (χ2n) is 4.60. The minimum Gasteiger partial charge on any atom is -0.494 e. The van der Waals surface area contributed by atoms with Gasteiger partial charge in [0.25, 0.3) is 0 Å². The molecule has 2 nitrogen and oxygen atoms in total. The van der Waals surface area contributed by atoms with Gasteiger partial charge in [-0.3, -0.25) is 0 Å². The number of hydrogen-bond acceptors (Lipinski definition) is 2. The average molecular weight is 334 g/mol. The van der Waals surface area contributed by atoms with Crippen molar-refractivity contribution in [2.75, 3.05) is 13.2 Å². The highest BCUT2D eigenvalue weighted by molar-refractivity contribution is 9.10. The monoisotopic (exact) mass is 333 g/mol. The summed E-state index contributed by atoms with van der Waals surface area (Å²) in [6.07, 6.45) is 1.04. The van der Waals surface area contributed by atoms with Crippen LogP contribution < -0.4 is 10.1 Å². The molecule has 0 saturated heterocycles. The fraction of sp³-hybridized carbons (Fsp3) is 0.294. The first-order chi connectivity index (χ1) is 9.79. The molecule has 0 aliphatic rings. The number of rotatable bonds is 7. The van der Waals surface area contributed by atoms with Crippen molar-refractivity contribution in [3.05, 3.63) is 64.1 Å². The van der Waals surface area contributed by atoms with Crippen LogP contribution in [0.3, 0.4) is 0 Å². The van der Waals surface area contributed by atoms with E-state index in [0.29, 0.717) is 6.61 Å². The zero-order valence-electron chi connectivity index (χ0n) is 11.7. The molecule has 2 aromatic rings. The van der Waals surface area contributed by atoms with Crippen LogP contribution in [0.25, 0.3) is 0 Å². The highest BCUT2D eigenvalue weighted by atomic mass is 79.9. The van der Waals surface area contributed by atoms with Crippen molar-refractivity contribution in [3.63, 3.8) is 0 Å². The first-order valence-electron chi connectivity index (χ1n) is 6.95. The maximum absolute atomic E-state index is 5.65. The van der Waals surface area contributed by atoms with Gasteiger partial charge in [-0.2, -0.15) is 0 Å². The lowest BCUT2D eigenvalue weighted by atomic mass is 10.1. The average Bonchev–Trinajstić information content (AvgIpc) is 2.47. The molecule has 0 heterocycles. The summed E-state index contributed by atoms with van der Waals surface area (Å²) in [5.41, 5.74) is 2.55.